The normalized spacial score (nSPS) is 12.1. The molecule has 1 aliphatic rings. The first-order valence-corrected chi connectivity index (χ1v) is 10.1. The molecule has 0 unspecified atom stereocenters. The molecule has 1 amide bonds. The van der Waals surface area contributed by atoms with Crippen LogP contribution in [-0.4, -0.2) is 37.0 Å². The number of aromatic nitrogens is 1. The summed E-state index contributed by atoms with van der Waals surface area (Å²) in [5.41, 5.74) is 1.61. The van der Waals surface area contributed by atoms with Crippen LogP contribution in [0.4, 0.5) is 0 Å². The van der Waals surface area contributed by atoms with Gasteiger partial charge in [0.25, 0.3) is 5.56 Å². The van der Waals surface area contributed by atoms with E-state index in [1.807, 2.05) is 19.9 Å². The first-order chi connectivity index (χ1) is 14.9. The monoisotopic (exact) mass is 420 g/mol. The van der Waals surface area contributed by atoms with Crippen LogP contribution in [-0.2, 0) is 11.3 Å². The van der Waals surface area contributed by atoms with Crippen molar-refractivity contribution in [2.24, 2.45) is 5.92 Å². The molecular formula is C24H24N2O5. The van der Waals surface area contributed by atoms with Crippen molar-refractivity contribution in [3.63, 3.8) is 0 Å². The second kappa shape index (κ2) is 7.91. The molecule has 4 rings (SSSR count). The fourth-order valence-electron chi connectivity index (χ4n) is 4.05. The molecule has 0 aliphatic heterocycles. The van der Waals surface area contributed by atoms with Crippen molar-refractivity contribution in [2.75, 3.05) is 20.8 Å². The maximum atomic E-state index is 13.7. The average Bonchev–Trinajstić information content (AvgIpc) is 3.06. The van der Waals surface area contributed by atoms with Gasteiger partial charge in [-0.1, -0.05) is 38.1 Å². The van der Waals surface area contributed by atoms with E-state index in [9.17, 15) is 14.4 Å². The predicted octanol–water partition coefficient (Wildman–Crippen LogP) is 3.00. The molecule has 0 radical (unpaired) electrons. The summed E-state index contributed by atoms with van der Waals surface area (Å²) >= 11 is 0. The summed E-state index contributed by atoms with van der Waals surface area (Å²) in [6, 6.07) is 10.5. The highest BCUT2D eigenvalue weighted by molar-refractivity contribution is 6.27. The molecule has 1 N–H and O–H groups in total. The molecule has 3 aromatic rings. The Bertz CT molecular complexity index is 1270. The van der Waals surface area contributed by atoms with Crippen molar-refractivity contribution in [1.82, 2.24) is 9.88 Å². The van der Waals surface area contributed by atoms with E-state index >= 15 is 0 Å². The summed E-state index contributed by atoms with van der Waals surface area (Å²) < 4.78 is 12.2. The molecule has 0 fully saturated rings. The van der Waals surface area contributed by atoms with E-state index in [0.717, 1.165) is 0 Å². The molecule has 0 bridgehead atoms. The Balaban J connectivity index is 2.04. The van der Waals surface area contributed by atoms with Gasteiger partial charge in [-0.2, -0.15) is 0 Å². The molecule has 7 nitrogen and oxygen atoms in total. The first-order valence-electron chi connectivity index (χ1n) is 10.1. The summed E-state index contributed by atoms with van der Waals surface area (Å²) in [6.07, 6.45) is 0. The fourth-order valence-corrected chi connectivity index (χ4v) is 4.05. The number of amides is 1. The Kier molecular flexibility index (Phi) is 5.27. The van der Waals surface area contributed by atoms with Crippen molar-refractivity contribution >= 4 is 22.5 Å². The molecule has 1 heterocycles. The van der Waals surface area contributed by atoms with Crippen LogP contribution in [0.3, 0.4) is 0 Å². The van der Waals surface area contributed by atoms with Gasteiger partial charge in [0.05, 0.1) is 30.9 Å². The van der Waals surface area contributed by atoms with Crippen LogP contribution >= 0.6 is 0 Å². The van der Waals surface area contributed by atoms with Crippen molar-refractivity contribution in [1.29, 1.82) is 0 Å². The van der Waals surface area contributed by atoms with Gasteiger partial charge in [0.2, 0.25) is 5.91 Å². The number of carbonyl (C=O) groups is 2. The highest BCUT2D eigenvalue weighted by atomic mass is 16.5. The number of fused-ring (bicyclic) bond motifs is 5. The van der Waals surface area contributed by atoms with Crippen LogP contribution in [0.1, 0.15) is 29.8 Å². The predicted molar refractivity (Wildman–Crippen MR) is 118 cm³/mol. The largest absolute Gasteiger partial charge is 0.493 e. The highest BCUT2D eigenvalue weighted by Crippen LogP contribution is 2.42. The molecule has 0 spiro atoms. The number of ether oxygens (including phenoxy) is 2. The van der Waals surface area contributed by atoms with Gasteiger partial charge in [-0.25, -0.2) is 0 Å². The number of benzene rings is 2. The molecule has 0 atom stereocenters. The van der Waals surface area contributed by atoms with Gasteiger partial charge in [0, 0.05) is 23.1 Å². The van der Waals surface area contributed by atoms with Crippen LogP contribution in [0, 0.1) is 5.92 Å². The third-order valence-corrected chi connectivity index (χ3v) is 5.44. The summed E-state index contributed by atoms with van der Waals surface area (Å²) in [5.74, 6) is 0.420. The smallest absolute Gasteiger partial charge is 0.263 e. The number of hydrogen-bond donors (Lipinski definition) is 1. The third-order valence-electron chi connectivity index (χ3n) is 5.44. The van der Waals surface area contributed by atoms with E-state index in [1.54, 1.807) is 30.3 Å². The number of pyridine rings is 1. The van der Waals surface area contributed by atoms with Crippen molar-refractivity contribution in [3.05, 3.63) is 57.9 Å². The van der Waals surface area contributed by atoms with Gasteiger partial charge >= 0.3 is 0 Å². The lowest BCUT2D eigenvalue weighted by Gasteiger charge is -2.17. The maximum absolute atomic E-state index is 13.7. The van der Waals surface area contributed by atoms with Crippen LogP contribution < -0.4 is 20.3 Å². The second-order valence-corrected chi connectivity index (χ2v) is 7.91. The topological polar surface area (TPSA) is 86.6 Å². The quantitative estimate of drug-likeness (QED) is 0.518. The minimum atomic E-state index is -0.409. The molecule has 0 saturated heterocycles. The lowest BCUT2D eigenvalue weighted by molar-refractivity contribution is -0.121. The van der Waals surface area contributed by atoms with Gasteiger partial charge in [0.15, 0.2) is 17.3 Å². The van der Waals surface area contributed by atoms with E-state index in [1.165, 1.54) is 18.8 Å². The van der Waals surface area contributed by atoms with Gasteiger partial charge in [-0.05, 0) is 18.1 Å². The molecule has 2 aromatic carbocycles. The zero-order valence-electron chi connectivity index (χ0n) is 17.9. The standard InChI is InChI=1S/C24H24N2O5/c1-13(2)11-25-18(27)12-26-21-14-7-5-6-8-15(14)22(28)19(21)16-9-10-17(30-3)23(31-4)20(16)24(26)29/h5-10,13H,11-12H2,1-4H3,(H,25,27). The third kappa shape index (κ3) is 3.26. The maximum Gasteiger partial charge on any atom is 0.263 e. The van der Waals surface area contributed by atoms with Crippen LogP contribution in [0.2, 0.25) is 0 Å². The zero-order valence-corrected chi connectivity index (χ0v) is 17.9. The molecule has 1 aromatic heterocycles. The van der Waals surface area contributed by atoms with E-state index in [0.29, 0.717) is 40.1 Å². The van der Waals surface area contributed by atoms with E-state index in [2.05, 4.69) is 5.32 Å². The van der Waals surface area contributed by atoms with E-state index in [4.69, 9.17) is 9.47 Å². The Hall–Kier alpha value is -3.61. The molecule has 0 saturated carbocycles. The minimum absolute atomic E-state index is 0.181. The number of nitrogens with zero attached hydrogens (tertiary/aromatic N) is 1. The zero-order chi connectivity index (χ0) is 22.3. The van der Waals surface area contributed by atoms with Crippen molar-refractivity contribution in [3.8, 4) is 22.8 Å². The number of hydrogen-bond acceptors (Lipinski definition) is 5. The second-order valence-electron chi connectivity index (χ2n) is 7.91. The number of nitrogens with one attached hydrogen (secondary N) is 1. The van der Waals surface area contributed by atoms with E-state index < -0.39 is 5.56 Å². The van der Waals surface area contributed by atoms with Crippen LogP contribution in [0.5, 0.6) is 11.5 Å². The lowest BCUT2D eigenvalue weighted by atomic mass is 10.0. The SMILES string of the molecule is COc1ccc2c3c(n(CC(=O)NCC(C)C)c(=O)c2c1OC)-c1ccccc1C3=O. The highest BCUT2D eigenvalue weighted by Gasteiger charge is 2.34. The fraction of sp³-hybridized carbons (Fsp3) is 0.292. The van der Waals surface area contributed by atoms with Crippen molar-refractivity contribution < 1.29 is 19.1 Å². The Morgan fingerprint density at radius 1 is 1.03 bits per heavy atom. The van der Waals surface area contributed by atoms with Crippen LogP contribution in [0.25, 0.3) is 22.0 Å². The molecule has 1 aliphatic carbocycles. The van der Waals surface area contributed by atoms with Gasteiger partial charge in [-0.15, -0.1) is 0 Å². The number of methoxy groups -OCH3 is 2. The van der Waals surface area contributed by atoms with Crippen LogP contribution in [0.15, 0.2) is 41.2 Å². The molecule has 160 valence electrons. The van der Waals surface area contributed by atoms with Gasteiger partial charge < -0.3 is 14.8 Å². The number of ketones is 1. The van der Waals surface area contributed by atoms with Crippen molar-refractivity contribution in [2.45, 2.75) is 20.4 Å². The summed E-state index contributed by atoms with van der Waals surface area (Å²) in [6.45, 7) is 4.28. The van der Waals surface area contributed by atoms with E-state index in [-0.39, 0.29) is 35.3 Å². The Labute approximate surface area is 179 Å². The lowest BCUT2D eigenvalue weighted by Crippen LogP contribution is -2.35. The minimum Gasteiger partial charge on any atom is -0.493 e. The Morgan fingerprint density at radius 2 is 1.74 bits per heavy atom. The molecule has 7 heteroatoms. The molecule has 31 heavy (non-hydrogen) atoms. The Morgan fingerprint density at radius 3 is 2.39 bits per heavy atom. The average molecular weight is 420 g/mol. The summed E-state index contributed by atoms with van der Waals surface area (Å²) in [7, 11) is 2.93. The summed E-state index contributed by atoms with van der Waals surface area (Å²) in [5, 5.41) is 3.55. The molecular weight excluding hydrogens is 396 g/mol. The number of carbonyl (C=O) groups excluding carboxylic acids is 2. The van der Waals surface area contributed by atoms with Gasteiger partial charge in [0.1, 0.15) is 6.54 Å². The van der Waals surface area contributed by atoms with Gasteiger partial charge in [-0.3, -0.25) is 19.0 Å². The first kappa shape index (κ1) is 20.7. The number of rotatable bonds is 6. The summed E-state index contributed by atoms with van der Waals surface area (Å²) in [4.78, 5) is 39.7.